The topological polar surface area (TPSA) is 0 Å². The Labute approximate surface area is 100 Å². The van der Waals surface area contributed by atoms with Gasteiger partial charge >= 0.3 is 0 Å². The quantitative estimate of drug-likeness (QED) is 0.710. The van der Waals surface area contributed by atoms with Crippen LogP contribution in [0.15, 0.2) is 35.7 Å². The molecule has 1 heterocycles. The normalized spacial score (nSPS) is 13.7. The van der Waals surface area contributed by atoms with Gasteiger partial charge in [0, 0.05) is 11.3 Å². The molecule has 1 aromatic heterocycles. The van der Waals surface area contributed by atoms with Crippen molar-refractivity contribution in [2.45, 2.75) is 13.3 Å². The molecule has 79 valence electrons. The van der Waals surface area contributed by atoms with Gasteiger partial charge in [0.2, 0.25) is 0 Å². The zero-order chi connectivity index (χ0) is 11.0. The summed E-state index contributed by atoms with van der Waals surface area (Å²) in [6.07, 6.45) is 5.70. The van der Waals surface area contributed by atoms with Gasteiger partial charge in [-0.25, -0.2) is 0 Å². The van der Waals surface area contributed by atoms with E-state index >= 15 is 0 Å². The zero-order valence-electron chi connectivity index (χ0n) is 9.23. The van der Waals surface area contributed by atoms with E-state index in [-0.39, 0.29) is 0 Å². The maximum Gasteiger partial charge on any atom is 0.0340 e. The fourth-order valence-electron chi connectivity index (χ4n) is 2.15. The molecule has 0 amide bonds. The molecule has 0 bridgehead atoms. The Morgan fingerprint density at radius 1 is 1.06 bits per heavy atom. The standard InChI is InChI=1S/C15H13S/c1-2-11-7-8-16-15(11)14-9-12-5-3-4-6-13(12)10-14/h3-10H,2H2,1H3. The highest BCUT2D eigenvalue weighted by molar-refractivity contribution is 7.11. The third kappa shape index (κ3) is 1.52. The first-order valence-corrected chi connectivity index (χ1v) is 6.48. The first-order valence-electron chi connectivity index (χ1n) is 5.60. The van der Waals surface area contributed by atoms with Crippen molar-refractivity contribution in [1.82, 2.24) is 0 Å². The van der Waals surface area contributed by atoms with Crippen LogP contribution in [0.1, 0.15) is 28.5 Å². The van der Waals surface area contributed by atoms with E-state index in [0.29, 0.717) is 0 Å². The fraction of sp³-hybridized carbons (Fsp3) is 0.133. The van der Waals surface area contributed by atoms with E-state index in [1.54, 1.807) is 0 Å². The van der Waals surface area contributed by atoms with Crippen molar-refractivity contribution in [2.24, 2.45) is 0 Å². The number of aryl methyl sites for hydroxylation is 1. The van der Waals surface area contributed by atoms with Crippen molar-refractivity contribution in [3.05, 3.63) is 63.7 Å². The second kappa shape index (κ2) is 3.91. The van der Waals surface area contributed by atoms with Gasteiger partial charge in [-0.05, 0) is 46.2 Å². The maximum atomic E-state index is 2.29. The average Bonchev–Trinajstić information content (AvgIpc) is 2.94. The first kappa shape index (κ1) is 9.86. The monoisotopic (exact) mass is 225 g/mol. The molecule has 0 fully saturated rings. The van der Waals surface area contributed by atoms with Gasteiger partial charge in [-0.15, -0.1) is 11.3 Å². The number of hydrogen-bond acceptors (Lipinski definition) is 1. The van der Waals surface area contributed by atoms with Gasteiger partial charge in [0.1, 0.15) is 0 Å². The highest BCUT2D eigenvalue weighted by Gasteiger charge is 2.16. The average molecular weight is 225 g/mol. The summed E-state index contributed by atoms with van der Waals surface area (Å²) in [4.78, 5) is 1.43. The number of benzene rings is 1. The van der Waals surface area contributed by atoms with Crippen LogP contribution in [0.2, 0.25) is 0 Å². The third-order valence-electron chi connectivity index (χ3n) is 3.01. The number of fused-ring (bicyclic) bond motifs is 1. The molecule has 3 rings (SSSR count). The van der Waals surface area contributed by atoms with Crippen molar-refractivity contribution in [3.8, 4) is 0 Å². The number of rotatable bonds is 2. The van der Waals surface area contributed by atoms with Crippen LogP contribution >= 0.6 is 11.3 Å². The molecule has 0 N–H and O–H groups in total. The summed E-state index contributed by atoms with van der Waals surface area (Å²) < 4.78 is 0. The molecule has 16 heavy (non-hydrogen) atoms. The Balaban J connectivity index is 2.01. The van der Waals surface area contributed by atoms with Crippen LogP contribution in [0.3, 0.4) is 0 Å². The van der Waals surface area contributed by atoms with Crippen LogP contribution < -0.4 is 0 Å². The predicted octanol–water partition coefficient (Wildman–Crippen LogP) is 4.42. The number of allylic oxidation sites excluding steroid dienone is 1. The molecule has 0 atom stereocenters. The summed E-state index contributed by atoms with van der Waals surface area (Å²) in [5.41, 5.74) is 5.51. The molecule has 2 aromatic rings. The SMILES string of the molecule is CCc1ccsc1C1=Cc2ccccc2[CH]1. The van der Waals surface area contributed by atoms with Crippen LogP contribution in [-0.4, -0.2) is 0 Å². The highest BCUT2D eigenvalue weighted by atomic mass is 32.1. The van der Waals surface area contributed by atoms with Crippen LogP contribution in [-0.2, 0) is 6.42 Å². The van der Waals surface area contributed by atoms with E-state index in [0.717, 1.165) is 6.42 Å². The fourth-order valence-corrected chi connectivity index (χ4v) is 3.14. The predicted molar refractivity (Wildman–Crippen MR) is 71.4 cm³/mol. The van der Waals surface area contributed by atoms with Crippen LogP contribution in [0.4, 0.5) is 0 Å². The van der Waals surface area contributed by atoms with E-state index in [9.17, 15) is 0 Å². The molecule has 0 unspecified atom stereocenters. The molecule has 0 nitrogen and oxygen atoms in total. The lowest BCUT2D eigenvalue weighted by Crippen LogP contribution is -1.84. The molecule has 1 radical (unpaired) electrons. The summed E-state index contributed by atoms with van der Waals surface area (Å²) >= 11 is 1.84. The summed E-state index contributed by atoms with van der Waals surface area (Å²) in [6.45, 7) is 2.22. The van der Waals surface area contributed by atoms with Crippen molar-refractivity contribution >= 4 is 23.0 Å². The molecule has 0 saturated heterocycles. The molecule has 1 aromatic carbocycles. The molecule has 1 aliphatic rings. The van der Waals surface area contributed by atoms with Crippen LogP contribution in [0.25, 0.3) is 11.6 Å². The van der Waals surface area contributed by atoms with Gasteiger partial charge in [-0.1, -0.05) is 31.2 Å². The van der Waals surface area contributed by atoms with E-state index < -0.39 is 0 Å². The minimum Gasteiger partial charge on any atom is -0.144 e. The Morgan fingerprint density at radius 3 is 2.62 bits per heavy atom. The second-order valence-corrected chi connectivity index (χ2v) is 4.92. The zero-order valence-corrected chi connectivity index (χ0v) is 10.1. The van der Waals surface area contributed by atoms with Crippen LogP contribution in [0, 0.1) is 6.42 Å². The molecule has 0 saturated carbocycles. The van der Waals surface area contributed by atoms with E-state index in [1.165, 1.54) is 27.1 Å². The van der Waals surface area contributed by atoms with E-state index in [2.05, 4.69) is 55.1 Å². The van der Waals surface area contributed by atoms with Crippen molar-refractivity contribution in [1.29, 1.82) is 0 Å². The lowest BCUT2D eigenvalue weighted by Gasteiger charge is -2.01. The van der Waals surface area contributed by atoms with Crippen molar-refractivity contribution in [2.75, 3.05) is 0 Å². The van der Waals surface area contributed by atoms with Crippen LogP contribution in [0.5, 0.6) is 0 Å². The van der Waals surface area contributed by atoms with Gasteiger partial charge in [-0.2, -0.15) is 0 Å². The maximum absolute atomic E-state index is 2.29. The highest BCUT2D eigenvalue weighted by Crippen LogP contribution is 2.37. The van der Waals surface area contributed by atoms with Gasteiger partial charge in [0.15, 0.2) is 0 Å². The van der Waals surface area contributed by atoms with Gasteiger partial charge in [0.25, 0.3) is 0 Å². The molecular weight excluding hydrogens is 212 g/mol. The van der Waals surface area contributed by atoms with E-state index in [1.807, 2.05) is 11.3 Å². The minimum absolute atomic E-state index is 1.11. The summed E-state index contributed by atoms with van der Waals surface area (Å²) in [6, 6.07) is 10.8. The Kier molecular flexibility index (Phi) is 2.41. The Morgan fingerprint density at radius 2 is 1.88 bits per heavy atom. The van der Waals surface area contributed by atoms with Gasteiger partial charge < -0.3 is 0 Å². The van der Waals surface area contributed by atoms with Crippen molar-refractivity contribution < 1.29 is 0 Å². The molecule has 0 spiro atoms. The van der Waals surface area contributed by atoms with Crippen molar-refractivity contribution in [3.63, 3.8) is 0 Å². The summed E-state index contributed by atoms with van der Waals surface area (Å²) in [7, 11) is 0. The smallest absolute Gasteiger partial charge is 0.0340 e. The lowest BCUT2D eigenvalue weighted by atomic mass is 10.1. The Hall–Kier alpha value is -1.34. The molecule has 0 aliphatic heterocycles. The lowest BCUT2D eigenvalue weighted by molar-refractivity contribution is 1.15. The summed E-state index contributed by atoms with van der Waals surface area (Å²) in [5.74, 6) is 0. The minimum atomic E-state index is 1.11. The second-order valence-electron chi connectivity index (χ2n) is 4.00. The first-order chi connectivity index (χ1) is 7.88. The van der Waals surface area contributed by atoms with Gasteiger partial charge in [-0.3, -0.25) is 0 Å². The largest absolute Gasteiger partial charge is 0.144 e. The van der Waals surface area contributed by atoms with Gasteiger partial charge in [0.05, 0.1) is 0 Å². The summed E-state index contributed by atoms with van der Waals surface area (Å²) in [5, 5.41) is 2.19. The molecule has 1 aliphatic carbocycles. The molecular formula is C15H13S. The Bertz CT molecular complexity index is 546. The number of thiophene rings is 1. The van der Waals surface area contributed by atoms with E-state index in [4.69, 9.17) is 0 Å². The number of hydrogen-bond donors (Lipinski definition) is 0. The third-order valence-corrected chi connectivity index (χ3v) is 4.01. The molecule has 1 heteroatoms.